The van der Waals surface area contributed by atoms with E-state index in [9.17, 15) is 9.59 Å². The highest BCUT2D eigenvalue weighted by molar-refractivity contribution is 5.96. The molecule has 0 spiro atoms. The SMILES string of the molecule is COc1ccccc1NC(=O)C(c1ccccc1)N1CCN(c2ccc(-n3cnn(C(C)C)c3=O)cc2)CC1. The monoisotopic (exact) mass is 526 g/mol. The van der Waals surface area contributed by atoms with E-state index >= 15 is 0 Å². The molecule has 1 unspecified atom stereocenters. The Kier molecular flexibility index (Phi) is 7.79. The number of anilines is 2. The molecule has 0 radical (unpaired) electrons. The zero-order valence-corrected chi connectivity index (χ0v) is 22.5. The highest BCUT2D eigenvalue weighted by Gasteiger charge is 2.31. The van der Waals surface area contributed by atoms with E-state index in [2.05, 4.69) is 20.2 Å². The summed E-state index contributed by atoms with van der Waals surface area (Å²) in [5.74, 6) is 0.542. The van der Waals surface area contributed by atoms with Crippen molar-refractivity contribution in [1.82, 2.24) is 19.2 Å². The number of nitrogens with one attached hydrogen (secondary N) is 1. The van der Waals surface area contributed by atoms with Crippen LogP contribution >= 0.6 is 0 Å². The fourth-order valence-electron chi connectivity index (χ4n) is 5.02. The van der Waals surface area contributed by atoms with Gasteiger partial charge in [-0.2, -0.15) is 5.10 Å². The van der Waals surface area contributed by atoms with Gasteiger partial charge in [0.25, 0.3) is 0 Å². The number of ether oxygens (including phenoxy) is 1. The third kappa shape index (κ3) is 5.58. The third-order valence-electron chi connectivity index (χ3n) is 7.08. The molecule has 1 aliphatic heterocycles. The Balaban J connectivity index is 1.29. The Morgan fingerprint density at radius 3 is 2.15 bits per heavy atom. The molecule has 9 heteroatoms. The summed E-state index contributed by atoms with van der Waals surface area (Å²) in [4.78, 5) is 30.8. The lowest BCUT2D eigenvalue weighted by atomic mass is 10.0. The van der Waals surface area contributed by atoms with Crippen molar-refractivity contribution in [1.29, 1.82) is 0 Å². The van der Waals surface area contributed by atoms with Crippen LogP contribution in [0.2, 0.25) is 0 Å². The minimum absolute atomic E-state index is 0.00540. The Morgan fingerprint density at radius 1 is 0.872 bits per heavy atom. The van der Waals surface area contributed by atoms with Gasteiger partial charge in [0.1, 0.15) is 18.1 Å². The van der Waals surface area contributed by atoms with E-state index in [4.69, 9.17) is 4.74 Å². The second-order valence-corrected chi connectivity index (χ2v) is 9.86. The molecule has 0 saturated carbocycles. The van der Waals surface area contributed by atoms with Gasteiger partial charge >= 0.3 is 5.69 Å². The van der Waals surface area contributed by atoms with Crippen LogP contribution in [0, 0.1) is 0 Å². The van der Waals surface area contributed by atoms with E-state index in [1.807, 2.05) is 92.7 Å². The van der Waals surface area contributed by atoms with Crippen LogP contribution in [0.4, 0.5) is 11.4 Å². The van der Waals surface area contributed by atoms with E-state index in [0.717, 1.165) is 43.1 Å². The number of amides is 1. The molecule has 1 saturated heterocycles. The summed E-state index contributed by atoms with van der Waals surface area (Å²) in [6.07, 6.45) is 1.57. The first-order chi connectivity index (χ1) is 19.0. The number of benzene rings is 3. The Bertz CT molecular complexity index is 1450. The maximum Gasteiger partial charge on any atom is 0.350 e. The number of aromatic nitrogens is 3. The molecule has 2 heterocycles. The molecular formula is C30H34N6O3. The average Bonchev–Trinajstić information content (AvgIpc) is 3.36. The van der Waals surface area contributed by atoms with Gasteiger partial charge in [0, 0.05) is 31.9 Å². The van der Waals surface area contributed by atoms with E-state index in [-0.39, 0.29) is 17.6 Å². The molecule has 0 bridgehead atoms. The number of rotatable bonds is 8. The maximum absolute atomic E-state index is 13.6. The Morgan fingerprint density at radius 2 is 1.51 bits per heavy atom. The zero-order valence-electron chi connectivity index (χ0n) is 22.5. The quantitative estimate of drug-likeness (QED) is 0.372. The lowest BCUT2D eigenvalue weighted by Crippen LogP contribution is -2.50. The number of nitrogens with zero attached hydrogens (tertiary/aromatic N) is 5. The van der Waals surface area contributed by atoms with Gasteiger partial charge in [0.2, 0.25) is 5.91 Å². The standard InChI is InChI=1S/C30H34N6O3/c1-22(2)36-30(38)35(21-31-36)25-15-13-24(14-16-25)33-17-19-34(20-18-33)28(23-9-5-4-6-10-23)29(37)32-26-11-7-8-12-27(26)39-3/h4-16,21-22,28H,17-20H2,1-3H3,(H,32,37). The molecule has 1 N–H and O–H groups in total. The minimum Gasteiger partial charge on any atom is -0.495 e. The van der Waals surface area contributed by atoms with Crippen LogP contribution < -0.4 is 20.6 Å². The van der Waals surface area contributed by atoms with Gasteiger partial charge in [0.05, 0.1) is 24.5 Å². The van der Waals surface area contributed by atoms with Gasteiger partial charge in [-0.05, 0) is 55.8 Å². The number of hydrogen-bond donors (Lipinski definition) is 1. The molecule has 1 atom stereocenters. The van der Waals surface area contributed by atoms with Crippen molar-refractivity contribution in [3.63, 3.8) is 0 Å². The smallest absolute Gasteiger partial charge is 0.350 e. The zero-order chi connectivity index (χ0) is 27.4. The third-order valence-corrected chi connectivity index (χ3v) is 7.08. The van der Waals surface area contributed by atoms with Crippen LogP contribution in [-0.2, 0) is 4.79 Å². The van der Waals surface area contributed by atoms with Crippen molar-refractivity contribution in [3.05, 3.63) is 101 Å². The summed E-state index contributed by atoms with van der Waals surface area (Å²) in [7, 11) is 1.60. The summed E-state index contributed by atoms with van der Waals surface area (Å²) < 4.78 is 8.47. The predicted molar refractivity (Wildman–Crippen MR) is 153 cm³/mol. The molecule has 5 rings (SSSR count). The number of carbonyl (C=O) groups is 1. The lowest BCUT2D eigenvalue weighted by molar-refractivity contribution is -0.121. The number of para-hydroxylation sites is 2. The average molecular weight is 527 g/mol. The van der Waals surface area contributed by atoms with Gasteiger partial charge in [-0.3, -0.25) is 9.69 Å². The minimum atomic E-state index is -0.426. The highest BCUT2D eigenvalue weighted by Crippen LogP contribution is 2.29. The normalized spacial score (nSPS) is 14.8. The first kappa shape index (κ1) is 26.2. The molecular weight excluding hydrogens is 492 g/mol. The summed E-state index contributed by atoms with van der Waals surface area (Å²) in [6, 6.07) is 24.9. The topological polar surface area (TPSA) is 84.6 Å². The van der Waals surface area contributed by atoms with Crippen LogP contribution in [0.1, 0.15) is 31.5 Å². The molecule has 39 heavy (non-hydrogen) atoms. The summed E-state index contributed by atoms with van der Waals surface area (Å²) >= 11 is 0. The van der Waals surface area contributed by atoms with Gasteiger partial charge in [-0.15, -0.1) is 0 Å². The van der Waals surface area contributed by atoms with Gasteiger partial charge in [-0.25, -0.2) is 14.0 Å². The van der Waals surface area contributed by atoms with Gasteiger partial charge in [0.15, 0.2) is 0 Å². The molecule has 1 aliphatic rings. The van der Waals surface area contributed by atoms with E-state index in [1.54, 1.807) is 18.0 Å². The fourth-order valence-corrected chi connectivity index (χ4v) is 5.02. The van der Waals surface area contributed by atoms with Crippen molar-refractivity contribution in [3.8, 4) is 11.4 Å². The molecule has 0 aliphatic carbocycles. The number of hydrogen-bond acceptors (Lipinski definition) is 6. The molecule has 1 aromatic heterocycles. The van der Waals surface area contributed by atoms with E-state index < -0.39 is 6.04 Å². The van der Waals surface area contributed by atoms with Crippen molar-refractivity contribution >= 4 is 17.3 Å². The molecule has 1 fully saturated rings. The van der Waals surface area contributed by atoms with Crippen molar-refractivity contribution in [2.75, 3.05) is 43.5 Å². The first-order valence-corrected chi connectivity index (χ1v) is 13.2. The number of piperazine rings is 1. The fraction of sp³-hybridized carbons (Fsp3) is 0.300. The molecule has 1 amide bonds. The van der Waals surface area contributed by atoms with E-state index in [1.165, 1.54) is 4.68 Å². The highest BCUT2D eigenvalue weighted by atomic mass is 16.5. The van der Waals surface area contributed by atoms with Crippen LogP contribution in [0.25, 0.3) is 5.69 Å². The summed E-state index contributed by atoms with van der Waals surface area (Å²) in [5.41, 5.74) is 3.33. The van der Waals surface area contributed by atoms with Crippen LogP contribution in [0.5, 0.6) is 5.75 Å². The Hall–Kier alpha value is -4.37. The molecule has 4 aromatic rings. The van der Waals surface area contributed by atoms with Crippen LogP contribution in [-0.4, -0.2) is 58.4 Å². The van der Waals surface area contributed by atoms with Crippen molar-refractivity contribution in [2.45, 2.75) is 25.9 Å². The second-order valence-electron chi connectivity index (χ2n) is 9.86. The van der Waals surface area contributed by atoms with Crippen LogP contribution in [0.15, 0.2) is 90.0 Å². The molecule has 202 valence electrons. The molecule has 9 nitrogen and oxygen atoms in total. The second kappa shape index (κ2) is 11.6. The Labute approximate surface area is 228 Å². The van der Waals surface area contributed by atoms with Crippen molar-refractivity contribution < 1.29 is 9.53 Å². The molecule has 3 aromatic carbocycles. The number of carbonyl (C=O) groups excluding carboxylic acids is 1. The van der Waals surface area contributed by atoms with Crippen molar-refractivity contribution in [2.24, 2.45) is 0 Å². The lowest BCUT2D eigenvalue weighted by Gasteiger charge is -2.39. The number of methoxy groups -OCH3 is 1. The van der Waals surface area contributed by atoms with Gasteiger partial charge in [-0.1, -0.05) is 42.5 Å². The summed E-state index contributed by atoms with van der Waals surface area (Å²) in [5, 5.41) is 7.30. The van der Waals surface area contributed by atoms with E-state index in [0.29, 0.717) is 11.4 Å². The predicted octanol–water partition coefficient (Wildman–Crippen LogP) is 4.13. The van der Waals surface area contributed by atoms with Gasteiger partial charge < -0.3 is 15.0 Å². The summed E-state index contributed by atoms with van der Waals surface area (Å²) in [6.45, 7) is 6.87. The largest absolute Gasteiger partial charge is 0.495 e. The first-order valence-electron chi connectivity index (χ1n) is 13.2. The van der Waals surface area contributed by atoms with Crippen LogP contribution in [0.3, 0.4) is 0 Å². The maximum atomic E-state index is 13.6.